The molecule has 3 aromatic heterocycles. The van der Waals surface area contributed by atoms with E-state index >= 15 is 0 Å². The van der Waals surface area contributed by atoms with Crippen LogP contribution in [-0.4, -0.2) is 36.9 Å². The Kier molecular flexibility index (Phi) is 5.25. The molecule has 4 atom stereocenters. The number of fused-ring (bicyclic) bond motifs is 3. The van der Waals surface area contributed by atoms with Crippen LogP contribution in [0.15, 0.2) is 67.3 Å². The molecule has 0 aliphatic heterocycles. The van der Waals surface area contributed by atoms with Crippen LogP contribution in [0.5, 0.6) is 5.75 Å². The lowest BCUT2D eigenvalue weighted by atomic mass is 9.88. The average Bonchev–Trinajstić information content (AvgIpc) is 3.60. The molecule has 0 saturated heterocycles. The first-order valence-corrected chi connectivity index (χ1v) is 11.5. The lowest BCUT2D eigenvalue weighted by molar-refractivity contribution is -0.122. The Labute approximate surface area is 201 Å². The molecular formula is C25H24N8O2. The van der Waals surface area contributed by atoms with Gasteiger partial charge < -0.3 is 26.1 Å². The Balaban J connectivity index is 1.23. The predicted octanol–water partition coefficient (Wildman–Crippen LogP) is 3.16. The zero-order chi connectivity index (χ0) is 23.8. The van der Waals surface area contributed by atoms with Gasteiger partial charge in [-0.2, -0.15) is 9.97 Å². The number of aromatic amines is 1. The van der Waals surface area contributed by atoms with Crippen LogP contribution in [0.1, 0.15) is 12.0 Å². The van der Waals surface area contributed by atoms with Gasteiger partial charge in [0.1, 0.15) is 17.9 Å². The minimum absolute atomic E-state index is 0.130. The normalized spacial score (nSPS) is 22.4. The number of ether oxygens (including phenoxy) is 1. The van der Waals surface area contributed by atoms with Crippen LogP contribution in [0, 0.1) is 17.8 Å². The second-order valence-corrected chi connectivity index (χ2v) is 8.84. The summed E-state index contributed by atoms with van der Waals surface area (Å²) < 4.78 is 5.90. The van der Waals surface area contributed by atoms with Crippen LogP contribution < -0.4 is 21.1 Å². The van der Waals surface area contributed by atoms with E-state index in [1.165, 1.54) is 0 Å². The third-order valence-electron chi connectivity index (χ3n) is 6.59. The van der Waals surface area contributed by atoms with Gasteiger partial charge in [-0.05, 0) is 36.5 Å². The van der Waals surface area contributed by atoms with E-state index in [1.54, 1.807) is 18.7 Å². The highest BCUT2D eigenvalue weighted by Gasteiger charge is 2.47. The largest absolute Gasteiger partial charge is 0.489 e. The molecule has 176 valence electrons. The number of allylic oxidation sites excluding steroid dienone is 1. The molecule has 0 spiro atoms. The van der Waals surface area contributed by atoms with Gasteiger partial charge in [0.2, 0.25) is 11.9 Å². The number of primary amides is 1. The summed E-state index contributed by atoms with van der Waals surface area (Å²) >= 11 is 0. The number of benzene rings is 1. The van der Waals surface area contributed by atoms with E-state index in [1.807, 2.05) is 36.4 Å². The first kappa shape index (κ1) is 21.1. The Hall–Kier alpha value is -4.47. The lowest BCUT2D eigenvalue weighted by Crippen LogP contribution is -2.41. The van der Waals surface area contributed by atoms with E-state index in [9.17, 15) is 4.79 Å². The highest BCUT2D eigenvalue weighted by atomic mass is 16.5. The van der Waals surface area contributed by atoms with Crippen molar-refractivity contribution in [1.82, 2.24) is 24.9 Å². The SMILES string of the molecule is NC(=O)C1C2C=CC(C2)C1Nc1nc(Nc2cccc(OCc3cccnc3)c2)nc2[nH]cnc12. The number of hydrogen-bond donors (Lipinski definition) is 4. The van der Waals surface area contributed by atoms with Gasteiger partial charge in [0, 0.05) is 35.8 Å². The Bertz CT molecular complexity index is 1400. The number of hydrogen-bond acceptors (Lipinski definition) is 8. The standard InChI is InChI=1S/C25H24N8O2/c26-22(34)19-15-6-7-16(9-15)20(19)31-24-21-23(29-13-28-21)32-25(33-24)30-17-4-1-5-18(10-17)35-12-14-3-2-8-27-11-14/h1-8,10-11,13,15-16,19-20H,9,12H2,(H2,26,34)(H3,28,29,30,31,32,33). The van der Waals surface area contributed by atoms with Gasteiger partial charge >= 0.3 is 0 Å². The van der Waals surface area contributed by atoms with E-state index in [2.05, 4.69) is 42.7 Å². The molecule has 4 aromatic rings. The second kappa shape index (κ2) is 8.71. The zero-order valence-electron chi connectivity index (χ0n) is 18.8. The molecular weight excluding hydrogens is 444 g/mol. The number of nitrogens with zero attached hydrogens (tertiary/aromatic N) is 4. The number of imidazole rings is 1. The highest BCUT2D eigenvalue weighted by Crippen LogP contribution is 2.45. The fraction of sp³-hybridized carbons (Fsp3) is 0.240. The zero-order valence-corrected chi connectivity index (χ0v) is 18.8. The molecule has 3 heterocycles. The number of anilines is 3. The van der Waals surface area contributed by atoms with E-state index in [4.69, 9.17) is 15.5 Å². The molecule has 1 amide bonds. The lowest BCUT2D eigenvalue weighted by Gasteiger charge is -2.27. The molecule has 2 aliphatic carbocycles. The van der Waals surface area contributed by atoms with Crippen LogP contribution in [0.3, 0.4) is 0 Å². The van der Waals surface area contributed by atoms with Crippen LogP contribution in [0.4, 0.5) is 17.5 Å². The van der Waals surface area contributed by atoms with Gasteiger partial charge in [0.25, 0.3) is 0 Å². The van der Waals surface area contributed by atoms with Gasteiger partial charge in [0.15, 0.2) is 11.5 Å². The molecule has 6 rings (SSSR count). The highest BCUT2D eigenvalue weighted by molar-refractivity contribution is 5.85. The number of nitrogens with one attached hydrogen (secondary N) is 3. The molecule has 10 nitrogen and oxygen atoms in total. The average molecular weight is 469 g/mol. The molecule has 2 aliphatic rings. The summed E-state index contributed by atoms with van der Waals surface area (Å²) in [6, 6.07) is 11.3. The summed E-state index contributed by atoms with van der Waals surface area (Å²) in [4.78, 5) is 32.9. The monoisotopic (exact) mass is 468 g/mol. The van der Waals surface area contributed by atoms with E-state index in [-0.39, 0.29) is 29.7 Å². The van der Waals surface area contributed by atoms with E-state index < -0.39 is 0 Å². The molecule has 10 heteroatoms. The third-order valence-corrected chi connectivity index (χ3v) is 6.59. The number of carbonyl (C=O) groups is 1. The molecule has 5 N–H and O–H groups in total. The minimum Gasteiger partial charge on any atom is -0.489 e. The molecule has 1 fully saturated rings. The van der Waals surface area contributed by atoms with Gasteiger partial charge in [-0.25, -0.2) is 4.98 Å². The molecule has 1 saturated carbocycles. The smallest absolute Gasteiger partial charge is 0.231 e. The van der Waals surface area contributed by atoms with Crippen LogP contribution in [0.25, 0.3) is 11.2 Å². The Morgan fingerprint density at radius 1 is 1.17 bits per heavy atom. The fourth-order valence-electron chi connectivity index (χ4n) is 5.00. The van der Waals surface area contributed by atoms with Crippen LogP contribution >= 0.6 is 0 Å². The predicted molar refractivity (Wildman–Crippen MR) is 131 cm³/mol. The number of carbonyl (C=O) groups excluding carboxylic acids is 1. The van der Waals surface area contributed by atoms with Gasteiger partial charge in [-0.15, -0.1) is 0 Å². The van der Waals surface area contributed by atoms with Crippen molar-refractivity contribution < 1.29 is 9.53 Å². The summed E-state index contributed by atoms with van der Waals surface area (Å²) in [6.07, 6.45) is 10.2. The van der Waals surface area contributed by atoms with Gasteiger partial charge in [0.05, 0.1) is 12.2 Å². The molecule has 35 heavy (non-hydrogen) atoms. The summed E-state index contributed by atoms with van der Waals surface area (Å²) in [5.74, 6) is 1.47. The number of amides is 1. The van der Waals surface area contributed by atoms with Crippen molar-refractivity contribution in [2.45, 2.75) is 19.1 Å². The Morgan fingerprint density at radius 3 is 2.94 bits per heavy atom. The van der Waals surface area contributed by atoms with Crippen molar-refractivity contribution in [1.29, 1.82) is 0 Å². The molecule has 4 unspecified atom stereocenters. The van der Waals surface area contributed by atoms with E-state index in [0.29, 0.717) is 35.3 Å². The second-order valence-electron chi connectivity index (χ2n) is 8.84. The van der Waals surface area contributed by atoms with Gasteiger partial charge in [-0.1, -0.05) is 24.3 Å². The number of aromatic nitrogens is 5. The summed E-state index contributed by atoms with van der Waals surface area (Å²) in [5, 5.41) is 6.70. The Morgan fingerprint density at radius 2 is 2.09 bits per heavy atom. The number of H-pyrrole nitrogens is 1. The van der Waals surface area contributed by atoms with Crippen molar-refractivity contribution in [3.8, 4) is 5.75 Å². The maximum atomic E-state index is 12.2. The van der Waals surface area contributed by atoms with E-state index in [0.717, 1.165) is 17.7 Å². The van der Waals surface area contributed by atoms with Crippen molar-refractivity contribution in [3.63, 3.8) is 0 Å². The third kappa shape index (κ3) is 4.14. The first-order valence-electron chi connectivity index (χ1n) is 11.5. The van der Waals surface area contributed by atoms with Crippen molar-refractivity contribution in [3.05, 3.63) is 72.8 Å². The summed E-state index contributed by atoms with van der Waals surface area (Å²) in [5.41, 5.74) is 8.69. The van der Waals surface area contributed by atoms with Crippen molar-refractivity contribution in [2.75, 3.05) is 10.6 Å². The number of rotatable bonds is 8. The van der Waals surface area contributed by atoms with Crippen LogP contribution in [-0.2, 0) is 11.4 Å². The fourth-order valence-corrected chi connectivity index (χ4v) is 5.00. The van der Waals surface area contributed by atoms with Crippen molar-refractivity contribution in [2.24, 2.45) is 23.5 Å². The minimum atomic E-state index is -0.298. The van der Waals surface area contributed by atoms with Crippen molar-refractivity contribution >= 4 is 34.5 Å². The summed E-state index contributed by atoms with van der Waals surface area (Å²) in [6.45, 7) is 0.418. The summed E-state index contributed by atoms with van der Waals surface area (Å²) in [7, 11) is 0. The number of pyridine rings is 1. The molecule has 2 bridgehead atoms. The number of nitrogens with two attached hydrogens (primary N) is 1. The topological polar surface area (TPSA) is 144 Å². The maximum absolute atomic E-state index is 12.2. The first-order chi connectivity index (χ1) is 17.1. The maximum Gasteiger partial charge on any atom is 0.231 e. The van der Waals surface area contributed by atoms with Gasteiger partial charge in [-0.3, -0.25) is 9.78 Å². The quantitative estimate of drug-likeness (QED) is 0.289. The van der Waals surface area contributed by atoms with Crippen LogP contribution in [0.2, 0.25) is 0 Å². The molecule has 0 radical (unpaired) electrons. The molecule has 1 aromatic carbocycles.